The minimum Gasteiger partial charge on any atom is -0.462 e. The molecule has 0 amide bonds. The Kier molecular flexibility index (Phi) is 68.5. The molecule has 0 spiro atoms. The van der Waals surface area contributed by atoms with Crippen molar-refractivity contribution in [1.29, 1.82) is 0 Å². The summed E-state index contributed by atoms with van der Waals surface area (Å²) in [6, 6.07) is 0. The Hall–Kier alpha value is -2.11. The van der Waals surface area contributed by atoms with Gasteiger partial charge in [0.25, 0.3) is 0 Å². The number of esters is 3. The maximum atomic E-state index is 13.0. The van der Waals surface area contributed by atoms with Crippen LogP contribution in [-0.4, -0.2) is 37.2 Å². The number of allylic oxidation sites excluding steroid dienone is 4. The Morgan fingerprint density at radius 2 is 0.407 bits per heavy atom. The van der Waals surface area contributed by atoms with Crippen LogP contribution in [0, 0.1) is 0 Å². The van der Waals surface area contributed by atoms with Crippen molar-refractivity contribution in [2.75, 3.05) is 13.2 Å². The van der Waals surface area contributed by atoms with E-state index in [1.807, 2.05) is 0 Å². The van der Waals surface area contributed by atoms with E-state index in [9.17, 15) is 14.4 Å². The second-order valence-electron chi connectivity index (χ2n) is 25.2. The van der Waals surface area contributed by atoms with Crippen LogP contribution in [0.2, 0.25) is 0 Å². The highest BCUT2D eigenvalue weighted by molar-refractivity contribution is 5.71. The van der Waals surface area contributed by atoms with Crippen LogP contribution in [0.4, 0.5) is 0 Å². The molecule has 6 heteroatoms. The molecule has 0 aliphatic rings. The van der Waals surface area contributed by atoms with Gasteiger partial charge in [0.2, 0.25) is 0 Å². The molecule has 0 fully saturated rings. The zero-order valence-electron chi connectivity index (χ0n) is 55.1. The zero-order valence-corrected chi connectivity index (χ0v) is 55.1. The van der Waals surface area contributed by atoms with Crippen LogP contribution in [-0.2, 0) is 28.6 Å². The quantitative estimate of drug-likeness (QED) is 0.0261. The fourth-order valence-corrected chi connectivity index (χ4v) is 11.4. The van der Waals surface area contributed by atoms with Gasteiger partial charge in [-0.2, -0.15) is 0 Å². The first-order valence-corrected chi connectivity index (χ1v) is 36.8. The number of carbonyl (C=O) groups excluding carboxylic acids is 3. The average Bonchev–Trinajstić information content (AvgIpc) is 3.47. The lowest BCUT2D eigenvalue weighted by atomic mass is 10.0. The number of carbonyl (C=O) groups is 3. The SMILES string of the molecule is CCCCCCCCC/C=C\CCCCCCCC(=O)OCC(COC(=O)CCCCCCCCCCCCCCCCCCCCCCCCCCCC)OC(=O)CCCCCCCCCCC/C=C\CCCCCCCCCC. The summed E-state index contributed by atoms with van der Waals surface area (Å²) in [5, 5.41) is 0. The average molecular weight is 1140 g/mol. The maximum absolute atomic E-state index is 13.0. The van der Waals surface area contributed by atoms with Gasteiger partial charge in [-0.1, -0.05) is 353 Å². The van der Waals surface area contributed by atoms with Crippen molar-refractivity contribution in [1.82, 2.24) is 0 Å². The standard InChI is InChI=1S/C75H142O6/c1-4-7-10-13-16-19-22-25-28-31-33-35-36-37-38-39-41-42-44-47-50-53-56-59-62-65-68-74(77)80-71-72(70-79-73(76)67-64-61-58-55-52-49-46-30-27-24-21-18-15-12-9-6-3)81-75(78)69-66-63-60-57-54-51-48-45-43-40-34-32-29-26-23-20-17-14-11-8-5-2/h30,32,34,46,72H,4-29,31,33,35-45,47-71H2,1-3H3/b34-32-,46-30-. The number of hydrogen-bond donors (Lipinski definition) is 0. The van der Waals surface area contributed by atoms with Gasteiger partial charge >= 0.3 is 17.9 Å². The molecule has 0 saturated heterocycles. The summed E-state index contributed by atoms with van der Waals surface area (Å²) in [4.78, 5) is 38.5. The van der Waals surface area contributed by atoms with Crippen LogP contribution in [0.1, 0.15) is 419 Å². The first-order chi connectivity index (χ1) is 40.0. The molecule has 0 N–H and O–H groups in total. The Morgan fingerprint density at radius 1 is 0.235 bits per heavy atom. The van der Waals surface area contributed by atoms with E-state index in [1.165, 1.54) is 315 Å². The zero-order chi connectivity index (χ0) is 58.5. The lowest BCUT2D eigenvalue weighted by Crippen LogP contribution is -2.30. The van der Waals surface area contributed by atoms with E-state index in [0.717, 1.165) is 64.2 Å². The number of rotatable bonds is 69. The molecule has 0 aliphatic carbocycles. The smallest absolute Gasteiger partial charge is 0.306 e. The predicted octanol–water partition coefficient (Wildman–Crippen LogP) is 25.3. The molecule has 0 aromatic carbocycles. The van der Waals surface area contributed by atoms with Crippen LogP contribution in [0.15, 0.2) is 24.3 Å². The Bertz CT molecular complexity index is 1310. The van der Waals surface area contributed by atoms with E-state index in [4.69, 9.17) is 14.2 Å². The molecule has 0 saturated carbocycles. The first kappa shape index (κ1) is 78.9. The van der Waals surface area contributed by atoms with Crippen molar-refractivity contribution in [3.63, 3.8) is 0 Å². The Balaban J connectivity index is 4.25. The minimum absolute atomic E-state index is 0.0690. The van der Waals surface area contributed by atoms with Gasteiger partial charge in [0.15, 0.2) is 6.10 Å². The van der Waals surface area contributed by atoms with Crippen molar-refractivity contribution in [3.05, 3.63) is 24.3 Å². The molecule has 0 radical (unpaired) electrons. The molecule has 0 aromatic heterocycles. The summed E-state index contributed by atoms with van der Waals surface area (Å²) in [5.41, 5.74) is 0. The largest absolute Gasteiger partial charge is 0.462 e. The molecule has 0 aromatic rings. The van der Waals surface area contributed by atoms with Gasteiger partial charge in [0, 0.05) is 19.3 Å². The molecule has 6 nitrogen and oxygen atoms in total. The number of hydrogen-bond acceptors (Lipinski definition) is 6. The third-order valence-corrected chi connectivity index (χ3v) is 16.9. The van der Waals surface area contributed by atoms with Crippen LogP contribution < -0.4 is 0 Å². The lowest BCUT2D eigenvalue weighted by molar-refractivity contribution is -0.167. The van der Waals surface area contributed by atoms with E-state index in [0.29, 0.717) is 19.3 Å². The molecule has 1 unspecified atom stereocenters. The van der Waals surface area contributed by atoms with E-state index in [2.05, 4.69) is 45.1 Å². The van der Waals surface area contributed by atoms with E-state index >= 15 is 0 Å². The number of unbranched alkanes of at least 4 members (excludes halogenated alkanes) is 54. The van der Waals surface area contributed by atoms with Crippen LogP contribution in [0.3, 0.4) is 0 Å². The molecule has 478 valence electrons. The molecule has 81 heavy (non-hydrogen) atoms. The molecule has 0 bridgehead atoms. The van der Waals surface area contributed by atoms with Crippen LogP contribution in [0.5, 0.6) is 0 Å². The Morgan fingerprint density at radius 3 is 0.617 bits per heavy atom. The van der Waals surface area contributed by atoms with Crippen molar-refractivity contribution in [3.8, 4) is 0 Å². The van der Waals surface area contributed by atoms with Gasteiger partial charge in [-0.15, -0.1) is 0 Å². The molecule has 1 atom stereocenters. The second-order valence-corrected chi connectivity index (χ2v) is 25.2. The summed E-state index contributed by atoms with van der Waals surface area (Å²) < 4.78 is 17.0. The van der Waals surface area contributed by atoms with E-state index in [1.54, 1.807) is 0 Å². The molecule has 0 heterocycles. The second kappa shape index (κ2) is 70.4. The summed E-state index contributed by atoms with van der Waals surface area (Å²) in [6.45, 7) is 6.72. The highest BCUT2D eigenvalue weighted by atomic mass is 16.6. The summed E-state index contributed by atoms with van der Waals surface area (Å²) in [7, 11) is 0. The summed E-state index contributed by atoms with van der Waals surface area (Å²) in [5.74, 6) is -0.846. The van der Waals surface area contributed by atoms with Crippen molar-refractivity contribution >= 4 is 17.9 Å². The first-order valence-electron chi connectivity index (χ1n) is 36.8. The van der Waals surface area contributed by atoms with Crippen molar-refractivity contribution in [2.45, 2.75) is 425 Å². The van der Waals surface area contributed by atoms with Gasteiger partial charge in [0.05, 0.1) is 0 Å². The summed E-state index contributed by atoms with van der Waals surface area (Å²) in [6.07, 6.45) is 86.4. The van der Waals surface area contributed by atoms with E-state index < -0.39 is 6.10 Å². The van der Waals surface area contributed by atoms with Gasteiger partial charge < -0.3 is 14.2 Å². The van der Waals surface area contributed by atoms with E-state index in [-0.39, 0.29) is 31.1 Å². The van der Waals surface area contributed by atoms with Crippen molar-refractivity contribution < 1.29 is 28.6 Å². The molecular weight excluding hydrogens is 997 g/mol. The van der Waals surface area contributed by atoms with Crippen molar-refractivity contribution in [2.24, 2.45) is 0 Å². The predicted molar refractivity (Wildman–Crippen MR) is 353 cm³/mol. The van der Waals surface area contributed by atoms with Gasteiger partial charge in [-0.3, -0.25) is 14.4 Å². The van der Waals surface area contributed by atoms with Gasteiger partial charge in [0.1, 0.15) is 13.2 Å². The monoisotopic (exact) mass is 1140 g/mol. The van der Waals surface area contributed by atoms with Crippen LogP contribution in [0.25, 0.3) is 0 Å². The topological polar surface area (TPSA) is 78.9 Å². The highest BCUT2D eigenvalue weighted by Gasteiger charge is 2.19. The maximum Gasteiger partial charge on any atom is 0.306 e. The summed E-state index contributed by atoms with van der Waals surface area (Å²) >= 11 is 0. The Labute approximate surface area is 506 Å². The molecule has 0 aliphatic heterocycles. The van der Waals surface area contributed by atoms with Gasteiger partial charge in [-0.25, -0.2) is 0 Å². The fraction of sp³-hybridized carbons (Fsp3) is 0.907. The minimum atomic E-state index is -0.774. The fourth-order valence-electron chi connectivity index (χ4n) is 11.4. The van der Waals surface area contributed by atoms with Crippen LogP contribution >= 0.6 is 0 Å². The molecule has 0 rings (SSSR count). The molecular formula is C75H142O6. The highest BCUT2D eigenvalue weighted by Crippen LogP contribution is 2.19. The van der Waals surface area contributed by atoms with Gasteiger partial charge in [-0.05, 0) is 70.6 Å². The number of ether oxygens (including phenoxy) is 3. The lowest BCUT2D eigenvalue weighted by Gasteiger charge is -2.18. The normalized spacial score (nSPS) is 12.1. The third kappa shape index (κ3) is 68.6. The third-order valence-electron chi connectivity index (χ3n) is 16.9.